The Morgan fingerprint density at radius 2 is 2.14 bits per heavy atom. The Kier molecular flexibility index (Phi) is 2.43. The van der Waals surface area contributed by atoms with Crippen molar-refractivity contribution in [3.63, 3.8) is 0 Å². The second-order valence-corrected chi connectivity index (χ2v) is 3.29. The van der Waals surface area contributed by atoms with Gasteiger partial charge in [-0.25, -0.2) is 15.1 Å². The van der Waals surface area contributed by atoms with Gasteiger partial charge in [0.15, 0.2) is 0 Å². The van der Waals surface area contributed by atoms with E-state index in [4.69, 9.17) is 0 Å². The number of para-hydroxylation sites is 1. The van der Waals surface area contributed by atoms with Crippen LogP contribution in [-0.4, -0.2) is 34.1 Å². The van der Waals surface area contributed by atoms with Crippen molar-refractivity contribution in [2.24, 2.45) is 0 Å². The number of nitrogens with zero attached hydrogens (tertiary/aromatic N) is 4. The third-order valence-electron chi connectivity index (χ3n) is 1.96. The summed E-state index contributed by atoms with van der Waals surface area (Å²) in [6, 6.07) is 7.90. The summed E-state index contributed by atoms with van der Waals surface area (Å²) in [5.41, 5.74) is 5.10. The van der Waals surface area contributed by atoms with Gasteiger partial charge in [-0.15, -0.1) is 5.10 Å². The van der Waals surface area contributed by atoms with Gasteiger partial charge >= 0.3 is 0 Å². The molecule has 1 aromatic heterocycles. The van der Waals surface area contributed by atoms with E-state index in [0.29, 0.717) is 6.67 Å². The van der Waals surface area contributed by atoms with Crippen LogP contribution in [-0.2, 0) is 6.67 Å². The maximum atomic E-state index is 4.05. The van der Waals surface area contributed by atoms with Gasteiger partial charge in [0.05, 0.1) is 5.52 Å². The number of benzene rings is 1. The van der Waals surface area contributed by atoms with Crippen LogP contribution in [0.5, 0.6) is 0 Å². The first kappa shape index (κ1) is 9.11. The van der Waals surface area contributed by atoms with Crippen molar-refractivity contribution in [2.45, 2.75) is 6.67 Å². The normalized spacial score (nSPS) is 11.4. The molecular formula is C9H13N5. The van der Waals surface area contributed by atoms with Crippen molar-refractivity contribution in [1.82, 2.24) is 25.4 Å². The van der Waals surface area contributed by atoms with Gasteiger partial charge in [-0.05, 0) is 12.1 Å². The van der Waals surface area contributed by atoms with Crippen molar-refractivity contribution in [1.29, 1.82) is 0 Å². The highest BCUT2D eigenvalue weighted by molar-refractivity contribution is 5.73. The highest BCUT2D eigenvalue weighted by Gasteiger charge is 2.01. The average Bonchev–Trinajstić information content (AvgIpc) is 2.58. The Morgan fingerprint density at radius 1 is 1.36 bits per heavy atom. The molecule has 0 bridgehead atoms. The zero-order valence-electron chi connectivity index (χ0n) is 8.31. The number of hydrogen-bond acceptors (Lipinski definition) is 4. The summed E-state index contributed by atoms with van der Waals surface area (Å²) in [6.45, 7) is 0.632. The molecule has 0 saturated heterocycles. The molecule has 0 amide bonds. The minimum atomic E-state index is 0.632. The molecule has 2 aromatic rings. The fraction of sp³-hybridized carbons (Fsp3) is 0.333. The zero-order valence-corrected chi connectivity index (χ0v) is 8.31. The number of hydrogen-bond donors (Lipinski definition) is 1. The molecule has 0 unspecified atom stereocenters. The van der Waals surface area contributed by atoms with E-state index < -0.39 is 0 Å². The highest BCUT2D eigenvalue weighted by Crippen LogP contribution is 2.08. The molecular weight excluding hydrogens is 178 g/mol. The first-order valence-corrected chi connectivity index (χ1v) is 4.46. The second kappa shape index (κ2) is 3.73. The summed E-state index contributed by atoms with van der Waals surface area (Å²) in [5.74, 6) is 0. The van der Waals surface area contributed by atoms with E-state index in [1.54, 1.807) is 0 Å². The molecule has 0 saturated carbocycles. The number of hydrazine groups is 1. The molecule has 0 aliphatic carbocycles. The first-order chi connectivity index (χ1) is 6.77. The Hall–Kier alpha value is -1.46. The van der Waals surface area contributed by atoms with Crippen LogP contribution in [0.3, 0.4) is 0 Å². The van der Waals surface area contributed by atoms with E-state index in [0.717, 1.165) is 11.0 Å². The smallest absolute Gasteiger partial charge is 0.113 e. The Balaban J connectivity index is 2.25. The lowest BCUT2D eigenvalue weighted by Gasteiger charge is -2.11. The SMILES string of the molecule is CN(C)NCn1nnc2ccccc21. The molecule has 5 heteroatoms. The van der Waals surface area contributed by atoms with Crippen LogP contribution in [0.4, 0.5) is 0 Å². The van der Waals surface area contributed by atoms with Crippen LogP contribution in [0, 0.1) is 0 Å². The van der Waals surface area contributed by atoms with Crippen LogP contribution < -0.4 is 5.43 Å². The van der Waals surface area contributed by atoms with E-state index >= 15 is 0 Å². The third kappa shape index (κ3) is 1.73. The predicted molar refractivity (Wildman–Crippen MR) is 54.4 cm³/mol. The molecule has 2 rings (SSSR count). The summed E-state index contributed by atoms with van der Waals surface area (Å²) >= 11 is 0. The van der Waals surface area contributed by atoms with Crippen molar-refractivity contribution in [2.75, 3.05) is 14.1 Å². The minimum Gasteiger partial charge on any atom is -0.249 e. The fourth-order valence-corrected chi connectivity index (χ4v) is 1.24. The fourth-order valence-electron chi connectivity index (χ4n) is 1.24. The summed E-state index contributed by atoms with van der Waals surface area (Å²) in [7, 11) is 3.89. The number of nitrogens with one attached hydrogen (secondary N) is 1. The van der Waals surface area contributed by atoms with E-state index in [9.17, 15) is 0 Å². The molecule has 0 spiro atoms. The van der Waals surface area contributed by atoms with Crippen LogP contribution in [0.15, 0.2) is 24.3 Å². The number of aromatic nitrogens is 3. The van der Waals surface area contributed by atoms with Gasteiger partial charge in [-0.3, -0.25) is 0 Å². The molecule has 1 N–H and O–H groups in total. The summed E-state index contributed by atoms with van der Waals surface area (Å²) < 4.78 is 1.83. The van der Waals surface area contributed by atoms with Gasteiger partial charge in [-0.1, -0.05) is 17.3 Å². The molecule has 5 nitrogen and oxygen atoms in total. The van der Waals surface area contributed by atoms with Crippen molar-refractivity contribution >= 4 is 11.0 Å². The maximum absolute atomic E-state index is 4.05. The first-order valence-electron chi connectivity index (χ1n) is 4.46. The van der Waals surface area contributed by atoms with E-state index in [1.165, 1.54) is 0 Å². The summed E-state index contributed by atoms with van der Waals surface area (Å²) in [5, 5.41) is 9.98. The van der Waals surface area contributed by atoms with E-state index in [1.807, 2.05) is 48.1 Å². The number of fused-ring (bicyclic) bond motifs is 1. The second-order valence-electron chi connectivity index (χ2n) is 3.29. The van der Waals surface area contributed by atoms with Gasteiger partial charge in [0, 0.05) is 14.1 Å². The largest absolute Gasteiger partial charge is 0.249 e. The molecule has 0 aliphatic heterocycles. The van der Waals surface area contributed by atoms with Gasteiger partial charge in [0.1, 0.15) is 12.2 Å². The zero-order chi connectivity index (χ0) is 9.97. The predicted octanol–water partition coefficient (Wildman–Crippen LogP) is 0.455. The lowest BCUT2D eigenvalue weighted by atomic mass is 10.3. The highest BCUT2D eigenvalue weighted by atomic mass is 15.6. The van der Waals surface area contributed by atoms with E-state index in [-0.39, 0.29) is 0 Å². The van der Waals surface area contributed by atoms with Crippen molar-refractivity contribution in [3.8, 4) is 0 Å². The molecule has 0 radical (unpaired) electrons. The topological polar surface area (TPSA) is 46.0 Å². The molecule has 14 heavy (non-hydrogen) atoms. The van der Waals surface area contributed by atoms with Crippen molar-refractivity contribution in [3.05, 3.63) is 24.3 Å². The van der Waals surface area contributed by atoms with Crippen LogP contribution in [0.2, 0.25) is 0 Å². The lowest BCUT2D eigenvalue weighted by molar-refractivity contribution is 0.249. The molecule has 0 fully saturated rings. The molecule has 0 atom stereocenters. The van der Waals surface area contributed by atoms with Crippen LogP contribution in [0.25, 0.3) is 11.0 Å². The third-order valence-corrected chi connectivity index (χ3v) is 1.96. The van der Waals surface area contributed by atoms with Crippen LogP contribution >= 0.6 is 0 Å². The molecule has 1 aromatic carbocycles. The Morgan fingerprint density at radius 3 is 2.93 bits per heavy atom. The van der Waals surface area contributed by atoms with Gasteiger partial charge < -0.3 is 0 Å². The molecule has 1 heterocycles. The Bertz CT molecular complexity index is 420. The molecule has 0 aliphatic rings. The Labute approximate surface area is 82.3 Å². The van der Waals surface area contributed by atoms with Gasteiger partial charge in [0.25, 0.3) is 0 Å². The lowest BCUT2D eigenvalue weighted by Crippen LogP contribution is -2.32. The summed E-state index contributed by atoms with van der Waals surface area (Å²) in [6.07, 6.45) is 0. The van der Waals surface area contributed by atoms with Gasteiger partial charge in [0.2, 0.25) is 0 Å². The monoisotopic (exact) mass is 191 g/mol. The quantitative estimate of drug-likeness (QED) is 0.716. The van der Waals surface area contributed by atoms with Crippen LogP contribution in [0.1, 0.15) is 0 Å². The minimum absolute atomic E-state index is 0.632. The van der Waals surface area contributed by atoms with E-state index in [2.05, 4.69) is 15.7 Å². The number of rotatable bonds is 3. The standard InChI is InChI=1S/C9H13N5/c1-13(2)10-7-14-9-6-4-3-5-8(9)11-12-14/h3-6,10H,7H2,1-2H3. The summed E-state index contributed by atoms with van der Waals surface area (Å²) in [4.78, 5) is 0. The molecule has 74 valence electrons. The van der Waals surface area contributed by atoms with Crippen molar-refractivity contribution < 1.29 is 0 Å². The average molecular weight is 191 g/mol. The maximum Gasteiger partial charge on any atom is 0.113 e. The van der Waals surface area contributed by atoms with Gasteiger partial charge in [-0.2, -0.15) is 0 Å².